The van der Waals surface area contributed by atoms with Crippen LogP contribution in [0.1, 0.15) is 42.0 Å². The van der Waals surface area contributed by atoms with Gasteiger partial charge in [0, 0.05) is 30.1 Å². The summed E-state index contributed by atoms with van der Waals surface area (Å²) < 4.78 is 0.969. The second-order valence-corrected chi connectivity index (χ2v) is 11.0. The lowest BCUT2D eigenvalue weighted by atomic mass is 9.85. The Morgan fingerprint density at radius 3 is 2.03 bits per heavy atom. The molecule has 2 aliphatic rings. The SMILES string of the molecule is Cl.N[C@@H](CCN1CCC2(CC1)C(=O)N(Cc1ccc(Br)cc1)C(=O)N2Cc1ccccc1)c1ccccc1. The maximum absolute atomic E-state index is 13.9. The van der Waals surface area contributed by atoms with Crippen LogP contribution < -0.4 is 5.73 Å². The molecule has 5 rings (SSSR count). The van der Waals surface area contributed by atoms with Crippen LogP contribution in [0.2, 0.25) is 0 Å². The van der Waals surface area contributed by atoms with Gasteiger partial charge >= 0.3 is 6.03 Å². The number of carbonyl (C=O) groups is 2. The molecule has 1 spiro atoms. The lowest BCUT2D eigenvalue weighted by Gasteiger charge is -2.42. The van der Waals surface area contributed by atoms with Gasteiger partial charge in [-0.3, -0.25) is 9.69 Å². The molecule has 2 fully saturated rings. The van der Waals surface area contributed by atoms with Crippen LogP contribution in [0.15, 0.2) is 89.4 Å². The number of amides is 3. The standard InChI is InChI=1S/C30H33BrN4O2.ClH/c31-26-13-11-24(12-14-26)21-34-28(36)30(35(29(34)37)22-23-7-3-1-4-8-23)16-19-33(20-17-30)18-15-27(32)25-9-5-2-6-10-25;/h1-14,27H,15-22,32H2;1H/t27-;/m0./s1. The molecule has 3 amide bonds. The first-order valence-electron chi connectivity index (χ1n) is 12.9. The molecule has 2 heterocycles. The predicted octanol–water partition coefficient (Wildman–Crippen LogP) is 5.76. The Morgan fingerprint density at radius 2 is 1.39 bits per heavy atom. The van der Waals surface area contributed by atoms with E-state index in [-0.39, 0.29) is 36.9 Å². The van der Waals surface area contributed by atoms with Crippen molar-refractivity contribution in [1.82, 2.24) is 14.7 Å². The minimum atomic E-state index is -0.805. The first-order valence-corrected chi connectivity index (χ1v) is 13.7. The van der Waals surface area contributed by atoms with E-state index in [1.807, 2.05) is 77.7 Å². The van der Waals surface area contributed by atoms with E-state index in [1.165, 1.54) is 4.90 Å². The van der Waals surface area contributed by atoms with E-state index in [4.69, 9.17) is 5.73 Å². The van der Waals surface area contributed by atoms with Crippen LogP contribution in [0.3, 0.4) is 0 Å². The van der Waals surface area contributed by atoms with E-state index >= 15 is 0 Å². The van der Waals surface area contributed by atoms with Crippen LogP contribution in [-0.2, 0) is 17.9 Å². The smallest absolute Gasteiger partial charge is 0.324 e. The molecule has 2 N–H and O–H groups in total. The zero-order chi connectivity index (χ0) is 25.8. The quantitative estimate of drug-likeness (QED) is 0.335. The van der Waals surface area contributed by atoms with Crippen molar-refractivity contribution in [2.45, 2.75) is 43.9 Å². The van der Waals surface area contributed by atoms with Crippen molar-refractivity contribution in [3.05, 3.63) is 106 Å². The number of nitrogens with zero attached hydrogens (tertiary/aromatic N) is 3. The number of hydrogen-bond donors (Lipinski definition) is 1. The number of likely N-dealkylation sites (tertiary alicyclic amines) is 1. The number of imide groups is 1. The van der Waals surface area contributed by atoms with Crippen molar-refractivity contribution in [2.75, 3.05) is 19.6 Å². The number of nitrogens with two attached hydrogens (primary N) is 1. The number of urea groups is 1. The minimum absolute atomic E-state index is 0. The average Bonchev–Trinajstić information content (AvgIpc) is 3.11. The Hall–Kier alpha value is -2.71. The first-order chi connectivity index (χ1) is 18.0. The van der Waals surface area contributed by atoms with Gasteiger partial charge in [-0.05, 0) is 54.6 Å². The molecule has 2 saturated heterocycles. The molecule has 0 unspecified atom stereocenters. The Morgan fingerprint density at radius 1 is 0.816 bits per heavy atom. The molecule has 0 bridgehead atoms. The molecule has 0 radical (unpaired) electrons. The highest BCUT2D eigenvalue weighted by atomic mass is 79.9. The van der Waals surface area contributed by atoms with E-state index in [0.717, 1.165) is 47.2 Å². The molecular formula is C30H34BrClN4O2. The number of halogens is 2. The van der Waals surface area contributed by atoms with E-state index < -0.39 is 5.54 Å². The number of piperidine rings is 1. The summed E-state index contributed by atoms with van der Waals surface area (Å²) in [5, 5.41) is 0. The summed E-state index contributed by atoms with van der Waals surface area (Å²) in [7, 11) is 0. The summed E-state index contributed by atoms with van der Waals surface area (Å²) in [4.78, 5) is 33.3. The second-order valence-electron chi connectivity index (χ2n) is 10.1. The summed E-state index contributed by atoms with van der Waals surface area (Å²) >= 11 is 3.46. The molecule has 2 aliphatic heterocycles. The summed E-state index contributed by atoms with van der Waals surface area (Å²) in [5.74, 6) is -0.0722. The van der Waals surface area contributed by atoms with Crippen LogP contribution in [-0.4, -0.2) is 51.8 Å². The van der Waals surface area contributed by atoms with Crippen molar-refractivity contribution in [3.63, 3.8) is 0 Å². The maximum atomic E-state index is 13.9. The molecule has 0 aliphatic carbocycles. The van der Waals surface area contributed by atoms with Crippen LogP contribution in [0.5, 0.6) is 0 Å². The van der Waals surface area contributed by atoms with Gasteiger partial charge in [-0.15, -0.1) is 12.4 Å². The van der Waals surface area contributed by atoms with Gasteiger partial charge in [0.15, 0.2) is 0 Å². The summed E-state index contributed by atoms with van der Waals surface area (Å²) in [6.07, 6.45) is 2.11. The first kappa shape index (κ1) is 28.3. The molecule has 6 nitrogen and oxygen atoms in total. The number of benzene rings is 3. The van der Waals surface area contributed by atoms with Gasteiger partial charge in [0.05, 0.1) is 6.54 Å². The molecular weight excluding hydrogens is 564 g/mol. The zero-order valence-corrected chi connectivity index (χ0v) is 23.7. The highest BCUT2D eigenvalue weighted by molar-refractivity contribution is 9.10. The van der Waals surface area contributed by atoms with E-state index in [1.54, 1.807) is 0 Å². The third-order valence-electron chi connectivity index (χ3n) is 7.73. The van der Waals surface area contributed by atoms with Gasteiger partial charge in [-0.25, -0.2) is 4.79 Å². The normalized spacial score (nSPS) is 18.1. The van der Waals surface area contributed by atoms with Crippen LogP contribution >= 0.6 is 28.3 Å². The van der Waals surface area contributed by atoms with Gasteiger partial charge < -0.3 is 15.5 Å². The van der Waals surface area contributed by atoms with E-state index in [9.17, 15) is 9.59 Å². The van der Waals surface area contributed by atoms with Crippen molar-refractivity contribution >= 4 is 40.3 Å². The van der Waals surface area contributed by atoms with Crippen molar-refractivity contribution < 1.29 is 9.59 Å². The molecule has 200 valence electrons. The predicted molar refractivity (Wildman–Crippen MR) is 156 cm³/mol. The third kappa shape index (κ3) is 5.96. The molecule has 38 heavy (non-hydrogen) atoms. The fourth-order valence-corrected chi connectivity index (χ4v) is 5.76. The van der Waals surface area contributed by atoms with E-state index in [2.05, 4.69) is 33.0 Å². The lowest BCUT2D eigenvalue weighted by Crippen LogP contribution is -2.56. The second kappa shape index (κ2) is 12.4. The lowest BCUT2D eigenvalue weighted by molar-refractivity contribution is -0.136. The van der Waals surface area contributed by atoms with Gasteiger partial charge in [0.2, 0.25) is 0 Å². The topological polar surface area (TPSA) is 69.9 Å². The summed E-state index contributed by atoms with van der Waals surface area (Å²) in [5.41, 5.74) is 8.74. The summed E-state index contributed by atoms with van der Waals surface area (Å²) in [6.45, 7) is 3.11. The number of hydrogen-bond acceptors (Lipinski definition) is 4. The van der Waals surface area contributed by atoms with Crippen LogP contribution in [0.4, 0.5) is 4.79 Å². The van der Waals surface area contributed by atoms with Crippen molar-refractivity contribution in [1.29, 1.82) is 0 Å². The molecule has 8 heteroatoms. The Bertz CT molecular complexity index is 1220. The largest absolute Gasteiger partial charge is 0.328 e. The average molecular weight is 598 g/mol. The van der Waals surface area contributed by atoms with Gasteiger partial charge in [0.25, 0.3) is 5.91 Å². The Labute approximate surface area is 239 Å². The minimum Gasteiger partial charge on any atom is -0.324 e. The highest BCUT2D eigenvalue weighted by Crippen LogP contribution is 2.39. The molecule has 0 aromatic heterocycles. The highest BCUT2D eigenvalue weighted by Gasteiger charge is 2.57. The maximum Gasteiger partial charge on any atom is 0.328 e. The molecule has 3 aromatic carbocycles. The fraction of sp³-hybridized carbons (Fsp3) is 0.333. The Balaban J connectivity index is 0.00000336. The van der Waals surface area contributed by atoms with Crippen LogP contribution in [0, 0.1) is 0 Å². The Kier molecular flexibility index (Phi) is 9.26. The molecule has 3 aromatic rings. The number of rotatable bonds is 8. The zero-order valence-electron chi connectivity index (χ0n) is 21.3. The van der Waals surface area contributed by atoms with Crippen molar-refractivity contribution in [3.8, 4) is 0 Å². The molecule has 0 saturated carbocycles. The van der Waals surface area contributed by atoms with Gasteiger partial charge in [0.1, 0.15) is 5.54 Å². The number of carbonyl (C=O) groups excluding carboxylic acids is 2. The summed E-state index contributed by atoms with van der Waals surface area (Å²) in [6, 6.07) is 27.7. The fourth-order valence-electron chi connectivity index (χ4n) is 5.50. The van der Waals surface area contributed by atoms with Gasteiger partial charge in [-0.2, -0.15) is 0 Å². The third-order valence-corrected chi connectivity index (χ3v) is 8.26. The monoisotopic (exact) mass is 596 g/mol. The van der Waals surface area contributed by atoms with Gasteiger partial charge in [-0.1, -0.05) is 88.7 Å². The molecule has 1 atom stereocenters. The van der Waals surface area contributed by atoms with Crippen molar-refractivity contribution in [2.24, 2.45) is 5.73 Å². The van der Waals surface area contributed by atoms with Crippen LogP contribution in [0.25, 0.3) is 0 Å². The van der Waals surface area contributed by atoms with E-state index in [0.29, 0.717) is 19.4 Å².